The smallest absolute Gasteiger partial charge is 0.101 e. The molecule has 1 N–H and O–H groups in total. The van der Waals surface area contributed by atoms with Gasteiger partial charge in [0.15, 0.2) is 0 Å². The van der Waals surface area contributed by atoms with Crippen LogP contribution in [0.1, 0.15) is 6.42 Å². The van der Waals surface area contributed by atoms with Gasteiger partial charge in [0.2, 0.25) is 0 Å². The number of nitrogens with one attached hydrogen (secondary N) is 1. The zero-order valence-electron chi connectivity index (χ0n) is 7.79. The van der Waals surface area contributed by atoms with Crippen molar-refractivity contribution in [2.75, 3.05) is 39.5 Å². The Hall–Kier alpha value is -0.610. The van der Waals surface area contributed by atoms with Crippen molar-refractivity contribution in [2.45, 2.75) is 6.42 Å². The molecule has 2 aliphatic rings. The molecule has 0 aliphatic carbocycles. The molecule has 4 nitrogen and oxygen atoms in total. The molecular formula is C9H16N2O2. The Bertz CT molecular complexity index is 184. The van der Waals surface area contributed by atoms with Crippen molar-refractivity contribution in [3.05, 3.63) is 0 Å². The van der Waals surface area contributed by atoms with Crippen LogP contribution in [-0.4, -0.2) is 50.3 Å². The van der Waals surface area contributed by atoms with E-state index in [1.807, 2.05) is 0 Å². The lowest BCUT2D eigenvalue weighted by Crippen LogP contribution is -2.43. The monoisotopic (exact) mass is 184 g/mol. The van der Waals surface area contributed by atoms with Gasteiger partial charge in [-0.15, -0.1) is 0 Å². The summed E-state index contributed by atoms with van der Waals surface area (Å²) < 4.78 is 10.5. The highest BCUT2D eigenvalue weighted by Crippen LogP contribution is 2.16. The van der Waals surface area contributed by atoms with E-state index in [1.165, 1.54) is 0 Å². The summed E-state index contributed by atoms with van der Waals surface area (Å²) in [6.45, 7) is 4.81. The van der Waals surface area contributed by atoms with Crippen LogP contribution in [0.3, 0.4) is 0 Å². The van der Waals surface area contributed by atoms with E-state index in [2.05, 4.69) is 4.90 Å². The van der Waals surface area contributed by atoms with E-state index in [1.54, 1.807) is 0 Å². The third-order valence-corrected chi connectivity index (χ3v) is 2.67. The Labute approximate surface area is 78.3 Å². The van der Waals surface area contributed by atoms with Crippen LogP contribution in [-0.2, 0) is 9.47 Å². The minimum atomic E-state index is 0.332. The summed E-state index contributed by atoms with van der Waals surface area (Å²) in [6.07, 6.45) is 1.01. The van der Waals surface area contributed by atoms with Crippen molar-refractivity contribution in [1.82, 2.24) is 4.90 Å². The molecule has 0 amide bonds. The van der Waals surface area contributed by atoms with Gasteiger partial charge in [-0.1, -0.05) is 0 Å². The predicted molar refractivity (Wildman–Crippen MR) is 49.0 cm³/mol. The van der Waals surface area contributed by atoms with E-state index in [0.29, 0.717) is 5.92 Å². The van der Waals surface area contributed by atoms with Crippen molar-refractivity contribution < 1.29 is 9.47 Å². The second kappa shape index (κ2) is 4.07. The van der Waals surface area contributed by atoms with Gasteiger partial charge in [0.05, 0.1) is 19.8 Å². The number of hydrogen-bond acceptors (Lipinski definition) is 3. The van der Waals surface area contributed by atoms with Crippen LogP contribution in [0.25, 0.3) is 0 Å². The van der Waals surface area contributed by atoms with Gasteiger partial charge in [-0.3, -0.25) is 5.41 Å². The van der Waals surface area contributed by atoms with Crippen molar-refractivity contribution in [2.24, 2.45) is 5.92 Å². The van der Waals surface area contributed by atoms with Crippen LogP contribution in [0.2, 0.25) is 0 Å². The third kappa shape index (κ3) is 2.00. The number of ether oxygens (including phenoxy) is 2. The lowest BCUT2D eigenvalue weighted by molar-refractivity contribution is 0.0651. The number of nitrogens with zero attached hydrogens (tertiary/aromatic N) is 1. The molecule has 1 atom stereocenters. The van der Waals surface area contributed by atoms with Gasteiger partial charge in [-0.2, -0.15) is 0 Å². The maximum Gasteiger partial charge on any atom is 0.101 e. The molecule has 2 fully saturated rings. The van der Waals surface area contributed by atoms with Crippen LogP contribution in [0.4, 0.5) is 0 Å². The van der Waals surface area contributed by atoms with Crippen LogP contribution < -0.4 is 0 Å². The Morgan fingerprint density at radius 2 is 1.92 bits per heavy atom. The number of amidine groups is 1. The fourth-order valence-electron chi connectivity index (χ4n) is 1.81. The average molecular weight is 184 g/mol. The molecule has 0 saturated carbocycles. The number of hydrogen-bond donors (Lipinski definition) is 1. The van der Waals surface area contributed by atoms with Crippen molar-refractivity contribution >= 4 is 5.84 Å². The summed E-state index contributed by atoms with van der Waals surface area (Å²) in [4.78, 5) is 2.11. The molecule has 0 aromatic heterocycles. The zero-order chi connectivity index (χ0) is 9.10. The second-order valence-corrected chi connectivity index (χ2v) is 3.55. The van der Waals surface area contributed by atoms with E-state index in [4.69, 9.17) is 14.9 Å². The first kappa shape index (κ1) is 8.97. The van der Waals surface area contributed by atoms with E-state index in [0.717, 1.165) is 51.8 Å². The molecule has 0 aromatic carbocycles. The molecule has 2 saturated heterocycles. The number of morpholine rings is 1. The molecule has 0 radical (unpaired) electrons. The summed E-state index contributed by atoms with van der Waals surface area (Å²) in [5.41, 5.74) is 0. The molecular weight excluding hydrogens is 168 g/mol. The highest BCUT2D eigenvalue weighted by atomic mass is 16.5. The Morgan fingerprint density at radius 3 is 2.54 bits per heavy atom. The number of rotatable bonds is 1. The van der Waals surface area contributed by atoms with Crippen molar-refractivity contribution in [3.8, 4) is 0 Å². The lowest BCUT2D eigenvalue weighted by atomic mass is 10.1. The zero-order valence-corrected chi connectivity index (χ0v) is 7.79. The standard InChI is InChI=1S/C9H16N2O2/c10-9(8-1-4-13-7-8)11-2-5-12-6-3-11/h8,10H,1-7H2. The van der Waals surface area contributed by atoms with Gasteiger partial charge < -0.3 is 14.4 Å². The first-order valence-electron chi connectivity index (χ1n) is 4.87. The SMILES string of the molecule is N=C(C1CCOC1)N1CCOCC1. The molecule has 2 heterocycles. The lowest BCUT2D eigenvalue weighted by Gasteiger charge is -2.31. The van der Waals surface area contributed by atoms with Gasteiger partial charge in [0.1, 0.15) is 5.84 Å². The Balaban J connectivity index is 1.87. The summed E-state index contributed by atoms with van der Waals surface area (Å²) >= 11 is 0. The van der Waals surface area contributed by atoms with Crippen LogP contribution in [0, 0.1) is 11.3 Å². The molecule has 2 rings (SSSR count). The van der Waals surface area contributed by atoms with Crippen LogP contribution in [0.15, 0.2) is 0 Å². The summed E-state index contributed by atoms with van der Waals surface area (Å²) in [6, 6.07) is 0. The van der Waals surface area contributed by atoms with Gasteiger partial charge in [-0.05, 0) is 6.42 Å². The van der Waals surface area contributed by atoms with E-state index in [-0.39, 0.29) is 0 Å². The summed E-state index contributed by atoms with van der Waals surface area (Å²) in [5, 5.41) is 7.97. The first-order valence-corrected chi connectivity index (χ1v) is 4.87. The van der Waals surface area contributed by atoms with E-state index >= 15 is 0 Å². The maximum absolute atomic E-state index is 7.97. The molecule has 13 heavy (non-hydrogen) atoms. The van der Waals surface area contributed by atoms with Crippen LogP contribution in [0.5, 0.6) is 0 Å². The topological polar surface area (TPSA) is 45.5 Å². The molecule has 0 bridgehead atoms. The first-order chi connectivity index (χ1) is 6.38. The van der Waals surface area contributed by atoms with Gasteiger partial charge in [0.25, 0.3) is 0 Å². The Morgan fingerprint density at radius 1 is 1.15 bits per heavy atom. The molecule has 74 valence electrons. The summed E-state index contributed by atoms with van der Waals surface area (Å²) in [5.74, 6) is 1.08. The van der Waals surface area contributed by atoms with Crippen molar-refractivity contribution in [3.63, 3.8) is 0 Å². The fourth-order valence-corrected chi connectivity index (χ4v) is 1.81. The highest BCUT2D eigenvalue weighted by molar-refractivity contribution is 5.82. The predicted octanol–water partition coefficient (Wildman–Crippen LogP) is 0.332. The Kier molecular flexibility index (Phi) is 2.80. The van der Waals surface area contributed by atoms with E-state index in [9.17, 15) is 0 Å². The molecule has 2 aliphatic heterocycles. The van der Waals surface area contributed by atoms with Gasteiger partial charge in [-0.25, -0.2) is 0 Å². The summed E-state index contributed by atoms with van der Waals surface area (Å²) in [7, 11) is 0. The fraction of sp³-hybridized carbons (Fsp3) is 0.889. The molecule has 0 aromatic rings. The van der Waals surface area contributed by atoms with E-state index < -0.39 is 0 Å². The second-order valence-electron chi connectivity index (χ2n) is 3.55. The van der Waals surface area contributed by atoms with Crippen LogP contribution >= 0.6 is 0 Å². The quantitative estimate of drug-likeness (QED) is 0.472. The normalized spacial score (nSPS) is 29.2. The molecule has 4 heteroatoms. The van der Waals surface area contributed by atoms with Gasteiger partial charge >= 0.3 is 0 Å². The minimum Gasteiger partial charge on any atom is -0.381 e. The largest absolute Gasteiger partial charge is 0.381 e. The third-order valence-electron chi connectivity index (χ3n) is 2.67. The molecule has 0 spiro atoms. The van der Waals surface area contributed by atoms with Crippen molar-refractivity contribution in [1.29, 1.82) is 5.41 Å². The highest BCUT2D eigenvalue weighted by Gasteiger charge is 2.25. The average Bonchev–Trinajstić information content (AvgIpc) is 2.71. The maximum atomic E-state index is 7.97. The minimum absolute atomic E-state index is 0.332. The van der Waals surface area contributed by atoms with Gasteiger partial charge in [0, 0.05) is 25.6 Å². The molecule has 1 unspecified atom stereocenters.